The average Bonchev–Trinajstić information content (AvgIpc) is 2.87. The van der Waals surface area contributed by atoms with Gasteiger partial charge in [0.25, 0.3) is 10.0 Å². The first-order chi connectivity index (χ1) is 17.6. The first-order valence-corrected chi connectivity index (χ1v) is 13.9. The molecular formula is C28H33ClN2O5S. The average molecular weight is 545 g/mol. The molecule has 3 rings (SSSR count). The Morgan fingerprint density at radius 2 is 1.54 bits per heavy atom. The number of nitrogens with one attached hydrogen (secondary N) is 1. The Morgan fingerprint density at radius 1 is 0.946 bits per heavy atom. The molecule has 1 atom stereocenters. The number of carbonyl (C=O) groups excluding carboxylic acids is 1. The lowest BCUT2D eigenvalue weighted by Gasteiger charge is -2.27. The number of amides is 1. The number of benzene rings is 3. The molecule has 3 aromatic carbocycles. The van der Waals surface area contributed by atoms with Crippen molar-refractivity contribution in [1.82, 2.24) is 5.32 Å². The van der Waals surface area contributed by atoms with E-state index in [9.17, 15) is 13.2 Å². The molecule has 0 unspecified atom stereocenters. The van der Waals surface area contributed by atoms with E-state index in [1.807, 2.05) is 31.2 Å². The van der Waals surface area contributed by atoms with Gasteiger partial charge in [0.1, 0.15) is 18.0 Å². The van der Waals surface area contributed by atoms with E-state index >= 15 is 0 Å². The molecule has 0 aliphatic heterocycles. The molecule has 0 heterocycles. The van der Waals surface area contributed by atoms with Gasteiger partial charge >= 0.3 is 0 Å². The highest BCUT2D eigenvalue weighted by atomic mass is 35.5. The van der Waals surface area contributed by atoms with E-state index in [-0.39, 0.29) is 10.9 Å². The van der Waals surface area contributed by atoms with Crippen LogP contribution in [0.4, 0.5) is 5.69 Å². The van der Waals surface area contributed by atoms with Crippen molar-refractivity contribution in [2.45, 2.75) is 38.1 Å². The van der Waals surface area contributed by atoms with Gasteiger partial charge in [0.15, 0.2) is 0 Å². The first kappa shape index (κ1) is 28.3. The summed E-state index contributed by atoms with van der Waals surface area (Å²) in [7, 11) is -2.47. The van der Waals surface area contributed by atoms with Crippen LogP contribution in [-0.2, 0) is 14.8 Å². The van der Waals surface area contributed by atoms with Crippen molar-refractivity contribution in [3.05, 3.63) is 83.4 Å². The lowest BCUT2D eigenvalue weighted by atomic mass is 9.97. The number of anilines is 1. The second-order valence-electron chi connectivity index (χ2n) is 8.92. The van der Waals surface area contributed by atoms with Crippen molar-refractivity contribution in [3.63, 3.8) is 0 Å². The summed E-state index contributed by atoms with van der Waals surface area (Å²) in [4.78, 5) is 13.4. The molecule has 1 amide bonds. The first-order valence-electron chi connectivity index (χ1n) is 12.1. The fourth-order valence-corrected chi connectivity index (χ4v) is 5.43. The minimum Gasteiger partial charge on any atom is -0.497 e. The van der Waals surface area contributed by atoms with Crippen LogP contribution in [-0.4, -0.2) is 34.6 Å². The van der Waals surface area contributed by atoms with Gasteiger partial charge in [-0.05, 0) is 85.5 Å². The number of hydrogen-bond acceptors (Lipinski definition) is 5. The minimum atomic E-state index is -4.07. The number of methoxy groups -OCH3 is 1. The molecule has 9 heteroatoms. The van der Waals surface area contributed by atoms with E-state index in [1.54, 1.807) is 31.4 Å². The molecule has 0 aliphatic rings. The number of nitrogens with zero attached hydrogens (tertiary/aromatic N) is 1. The molecule has 3 aromatic rings. The summed E-state index contributed by atoms with van der Waals surface area (Å²) >= 11 is 5.97. The van der Waals surface area contributed by atoms with Crippen LogP contribution in [0.3, 0.4) is 0 Å². The molecule has 0 saturated carbocycles. The number of ether oxygens (including phenoxy) is 2. The van der Waals surface area contributed by atoms with E-state index in [2.05, 4.69) is 19.2 Å². The minimum absolute atomic E-state index is 0.0347. The van der Waals surface area contributed by atoms with E-state index < -0.39 is 22.5 Å². The second kappa shape index (κ2) is 12.8. The third-order valence-corrected chi connectivity index (χ3v) is 7.73. The second-order valence-corrected chi connectivity index (χ2v) is 11.2. The van der Waals surface area contributed by atoms with Gasteiger partial charge in [0.2, 0.25) is 5.91 Å². The molecule has 0 bridgehead atoms. The third-order valence-electron chi connectivity index (χ3n) is 5.69. The quantitative estimate of drug-likeness (QED) is 0.309. The summed E-state index contributed by atoms with van der Waals surface area (Å²) in [5.41, 5.74) is 1.26. The summed E-state index contributed by atoms with van der Waals surface area (Å²) in [5, 5.41) is 3.45. The lowest BCUT2D eigenvalue weighted by Crippen LogP contribution is -2.42. The van der Waals surface area contributed by atoms with Crippen molar-refractivity contribution in [2.24, 2.45) is 5.92 Å². The zero-order valence-electron chi connectivity index (χ0n) is 21.5. The maximum absolute atomic E-state index is 13.7. The Bertz CT molecular complexity index is 1260. The van der Waals surface area contributed by atoms with Crippen LogP contribution in [0.15, 0.2) is 77.7 Å². The molecule has 37 heavy (non-hydrogen) atoms. The molecule has 1 N–H and O–H groups in total. The van der Waals surface area contributed by atoms with Crippen molar-refractivity contribution < 1.29 is 22.7 Å². The Balaban J connectivity index is 1.92. The predicted octanol–water partition coefficient (Wildman–Crippen LogP) is 5.85. The van der Waals surface area contributed by atoms with Gasteiger partial charge in [-0.1, -0.05) is 37.6 Å². The summed E-state index contributed by atoms with van der Waals surface area (Å²) in [6.45, 7) is 6.09. The summed E-state index contributed by atoms with van der Waals surface area (Å²) in [6, 6.07) is 19.7. The van der Waals surface area contributed by atoms with Crippen LogP contribution in [0.25, 0.3) is 0 Å². The van der Waals surface area contributed by atoms with Crippen LogP contribution >= 0.6 is 11.6 Å². The van der Waals surface area contributed by atoms with Crippen LogP contribution in [0, 0.1) is 5.92 Å². The van der Waals surface area contributed by atoms with Crippen molar-refractivity contribution in [3.8, 4) is 11.5 Å². The number of hydrogen-bond donors (Lipinski definition) is 1. The fraction of sp³-hybridized carbons (Fsp3) is 0.321. The maximum atomic E-state index is 13.7. The Hall–Kier alpha value is -3.23. The monoisotopic (exact) mass is 544 g/mol. The van der Waals surface area contributed by atoms with Gasteiger partial charge in [-0.3, -0.25) is 9.10 Å². The van der Waals surface area contributed by atoms with Crippen molar-refractivity contribution in [2.75, 3.05) is 24.6 Å². The topological polar surface area (TPSA) is 84.9 Å². The van der Waals surface area contributed by atoms with Gasteiger partial charge in [-0.2, -0.15) is 0 Å². The molecule has 0 fully saturated rings. The molecule has 0 saturated heterocycles. The SMILES string of the molecule is CCOc1ccc(N(CC(=O)N[C@@H](CC(C)C)c2ccc(OC)cc2)S(=O)(=O)c2ccc(Cl)cc2)cc1. The zero-order chi connectivity index (χ0) is 27.0. The molecule has 0 radical (unpaired) electrons. The number of halogens is 1. The molecule has 198 valence electrons. The van der Waals surface area contributed by atoms with Gasteiger partial charge < -0.3 is 14.8 Å². The summed E-state index contributed by atoms with van der Waals surface area (Å²) in [6.07, 6.45) is 0.686. The molecule has 0 spiro atoms. The smallest absolute Gasteiger partial charge is 0.264 e. The van der Waals surface area contributed by atoms with Crippen LogP contribution in [0.5, 0.6) is 11.5 Å². The number of sulfonamides is 1. The summed E-state index contributed by atoms with van der Waals surface area (Å²) < 4.78 is 39.1. The van der Waals surface area contributed by atoms with E-state index in [0.29, 0.717) is 41.2 Å². The lowest BCUT2D eigenvalue weighted by molar-refractivity contribution is -0.120. The van der Waals surface area contributed by atoms with Gasteiger partial charge in [-0.25, -0.2) is 8.42 Å². The van der Waals surface area contributed by atoms with Crippen molar-refractivity contribution in [1.29, 1.82) is 0 Å². The zero-order valence-corrected chi connectivity index (χ0v) is 23.1. The largest absolute Gasteiger partial charge is 0.497 e. The summed E-state index contributed by atoms with van der Waals surface area (Å²) in [5.74, 6) is 1.20. The third kappa shape index (κ3) is 7.63. The van der Waals surface area contributed by atoms with E-state index in [0.717, 1.165) is 9.87 Å². The van der Waals surface area contributed by atoms with E-state index in [4.69, 9.17) is 21.1 Å². The van der Waals surface area contributed by atoms with Gasteiger partial charge in [0, 0.05) is 5.02 Å². The van der Waals surface area contributed by atoms with Crippen LogP contribution < -0.4 is 19.1 Å². The normalized spacial score (nSPS) is 12.2. The predicted molar refractivity (Wildman–Crippen MR) is 147 cm³/mol. The van der Waals surface area contributed by atoms with Gasteiger partial charge in [0.05, 0.1) is 30.3 Å². The Morgan fingerprint density at radius 3 is 2.08 bits per heavy atom. The molecule has 0 aliphatic carbocycles. The standard InChI is InChI=1S/C28H33ClN2O5S/c1-5-36-25-14-10-23(11-15-25)31(37(33,34)26-16-8-22(29)9-17-26)19-28(32)30-27(18-20(2)3)21-6-12-24(35-4)13-7-21/h6-17,20,27H,5,18-19H2,1-4H3,(H,30,32)/t27-/m0/s1. The van der Waals surface area contributed by atoms with Crippen LogP contribution in [0.2, 0.25) is 5.02 Å². The maximum Gasteiger partial charge on any atom is 0.264 e. The van der Waals surface area contributed by atoms with Crippen LogP contribution in [0.1, 0.15) is 38.8 Å². The van der Waals surface area contributed by atoms with Crippen molar-refractivity contribution >= 4 is 33.2 Å². The highest BCUT2D eigenvalue weighted by molar-refractivity contribution is 7.92. The number of carbonyl (C=O) groups is 1. The highest BCUT2D eigenvalue weighted by Crippen LogP contribution is 2.28. The molecule has 0 aromatic heterocycles. The Labute approximate surface area is 224 Å². The molecule has 7 nitrogen and oxygen atoms in total. The van der Waals surface area contributed by atoms with Gasteiger partial charge in [-0.15, -0.1) is 0 Å². The number of rotatable bonds is 12. The fourth-order valence-electron chi connectivity index (χ4n) is 3.88. The van der Waals surface area contributed by atoms with E-state index in [1.165, 1.54) is 24.3 Å². The highest BCUT2D eigenvalue weighted by Gasteiger charge is 2.28. The molecular weight excluding hydrogens is 512 g/mol. The Kier molecular flexibility index (Phi) is 9.83.